The van der Waals surface area contributed by atoms with Crippen molar-refractivity contribution in [3.63, 3.8) is 0 Å². The van der Waals surface area contributed by atoms with Crippen molar-refractivity contribution in [2.75, 3.05) is 10.8 Å². The highest BCUT2D eigenvalue weighted by Gasteiger charge is 2.31. The van der Waals surface area contributed by atoms with Gasteiger partial charge in [0.05, 0.1) is 15.5 Å². The van der Waals surface area contributed by atoms with Crippen LogP contribution in [0.3, 0.4) is 0 Å². The monoisotopic (exact) mass is 481 g/mol. The van der Waals surface area contributed by atoms with E-state index < -0.39 is 15.9 Å². The number of sulfonamides is 1. The lowest BCUT2D eigenvalue weighted by Gasteiger charge is -2.20. The Bertz CT molecular complexity index is 1320. The van der Waals surface area contributed by atoms with Crippen LogP contribution in [0, 0.1) is 0 Å². The molecule has 2 aliphatic rings. The number of fused-ring (bicyclic) bond motifs is 2. The lowest BCUT2D eigenvalue weighted by Crippen LogP contribution is -2.41. The quantitative estimate of drug-likeness (QED) is 0.558. The zero-order valence-corrected chi connectivity index (χ0v) is 19.5. The van der Waals surface area contributed by atoms with E-state index in [-0.39, 0.29) is 16.4 Å². The number of nitrogens with zero attached hydrogens (tertiary/aromatic N) is 1. The van der Waals surface area contributed by atoms with Crippen LogP contribution in [0.15, 0.2) is 59.5 Å². The summed E-state index contributed by atoms with van der Waals surface area (Å²) in [7, 11) is -3.82. The fourth-order valence-corrected chi connectivity index (χ4v) is 7.03. The molecule has 0 spiro atoms. The Morgan fingerprint density at radius 2 is 1.64 bits per heavy atom. The van der Waals surface area contributed by atoms with Crippen molar-refractivity contribution < 1.29 is 18.0 Å². The lowest BCUT2D eigenvalue weighted by atomic mass is 9.99. The Kier molecular flexibility index (Phi) is 5.67. The summed E-state index contributed by atoms with van der Waals surface area (Å²) in [5.41, 5.74) is 7.85. The van der Waals surface area contributed by atoms with Crippen LogP contribution in [0.5, 0.6) is 0 Å². The minimum atomic E-state index is -3.82. The van der Waals surface area contributed by atoms with Gasteiger partial charge in [0.1, 0.15) is 0 Å². The molecule has 0 bridgehead atoms. The van der Waals surface area contributed by atoms with Crippen LogP contribution in [0.2, 0.25) is 0 Å². The zero-order chi connectivity index (χ0) is 23.0. The molecule has 1 aliphatic heterocycles. The summed E-state index contributed by atoms with van der Waals surface area (Å²) in [5, 5.41) is 0. The number of para-hydroxylation sites is 1. The maximum Gasteiger partial charge on any atom is 0.279 e. The Morgan fingerprint density at radius 1 is 0.848 bits per heavy atom. The molecule has 2 heterocycles. The van der Waals surface area contributed by atoms with Gasteiger partial charge in [-0.25, -0.2) is 8.42 Å². The van der Waals surface area contributed by atoms with E-state index in [1.165, 1.54) is 50.3 Å². The van der Waals surface area contributed by atoms with Gasteiger partial charge in [0.2, 0.25) is 0 Å². The molecule has 0 unspecified atom stereocenters. The second kappa shape index (κ2) is 8.64. The average Bonchev–Trinajstić information content (AvgIpc) is 3.47. The van der Waals surface area contributed by atoms with Crippen LogP contribution >= 0.6 is 11.3 Å². The molecule has 5 rings (SSSR count). The van der Waals surface area contributed by atoms with E-state index >= 15 is 0 Å². The van der Waals surface area contributed by atoms with Crippen molar-refractivity contribution in [2.45, 2.75) is 37.0 Å². The van der Waals surface area contributed by atoms with Crippen molar-refractivity contribution >= 4 is 38.9 Å². The van der Waals surface area contributed by atoms with Gasteiger partial charge >= 0.3 is 0 Å². The summed E-state index contributed by atoms with van der Waals surface area (Å²) in [6.45, 7) is 0.360. The number of hydrazine groups is 1. The van der Waals surface area contributed by atoms with Gasteiger partial charge in [0, 0.05) is 17.0 Å². The second-order valence-corrected chi connectivity index (χ2v) is 11.2. The van der Waals surface area contributed by atoms with E-state index in [1.54, 1.807) is 6.07 Å². The fraction of sp³-hybridized carbons (Fsp3) is 0.250. The smallest absolute Gasteiger partial charge is 0.267 e. The minimum absolute atomic E-state index is 0.0316. The highest BCUT2D eigenvalue weighted by molar-refractivity contribution is 7.92. The molecule has 1 aromatic heterocycles. The third-order valence-electron chi connectivity index (χ3n) is 6.04. The molecular formula is C24H23N3O4S2. The fourth-order valence-electron chi connectivity index (χ4n) is 4.33. The predicted molar refractivity (Wildman–Crippen MR) is 127 cm³/mol. The standard InChI is InChI=1S/C24H23N3O4S2/c28-23(25-26-24(29)22-15-17-7-2-4-11-21(17)32-22)18-8-5-9-19(14-18)33(30,31)27-13-12-16-6-1-3-10-20(16)27/h1,3,5-6,8-10,14-15H,2,4,7,11-13H2,(H,25,28)(H,26,29). The van der Waals surface area contributed by atoms with Gasteiger partial charge in [0.15, 0.2) is 0 Å². The second-order valence-electron chi connectivity index (χ2n) is 8.16. The van der Waals surface area contributed by atoms with Crippen LogP contribution in [-0.2, 0) is 29.3 Å². The van der Waals surface area contributed by atoms with Crippen molar-refractivity contribution in [3.05, 3.63) is 81.0 Å². The van der Waals surface area contributed by atoms with E-state index in [1.807, 2.05) is 24.3 Å². The van der Waals surface area contributed by atoms with E-state index in [4.69, 9.17) is 0 Å². The molecule has 2 amide bonds. The minimum Gasteiger partial charge on any atom is -0.267 e. The average molecular weight is 482 g/mol. The van der Waals surface area contributed by atoms with E-state index in [2.05, 4.69) is 10.9 Å². The van der Waals surface area contributed by atoms with Crippen LogP contribution in [0.1, 0.15) is 48.9 Å². The van der Waals surface area contributed by atoms with Crippen LogP contribution in [-0.4, -0.2) is 26.8 Å². The first-order chi connectivity index (χ1) is 15.9. The molecule has 1 aliphatic carbocycles. The SMILES string of the molecule is O=C(NNC(=O)c1cc2c(s1)CCCC2)c1cccc(S(=O)(=O)N2CCc3ccccc32)c1. The first kappa shape index (κ1) is 21.7. The number of amides is 2. The van der Waals surface area contributed by atoms with Gasteiger partial charge in [-0.05, 0) is 73.6 Å². The number of hydrogen-bond donors (Lipinski definition) is 2. The summed E-state index contributed by atoms with van der Waals surface area (Å²) in [4.78, 5) is 27.0. The number of thiophene rings is 1. The van der Waals surface area contributed by atoms with Crippen LogP contribution in [0.25, 0.3) is 0 Å². The Morgan fingerprint density at radius 3 is 2.48 bits per heavy atom. The Balaban J connectivity index is 1.29. The van der Waals surface area contributed by atoms with E-state index in [0.717, 1.165) is 31.2 Å². The molecule has 0 radical (unpaired) electrons. The molecule has 33 heavy (non-hydrogen) atoms. The zero-order valence-electron chi connectivity index (χ0n) is 17.8. The summed E-state index contributed by atoms with van der Waals surface area (Å²) in [6, 6.07) is 15.1. The molecule has 0 saturated carbocycles. The number of hydrogen-bond acceptors (Lipinski definition) is 5. The molecule has 7 nitrogen and oxygen atoms in total. The van der Waals surface area contributed by atoms with Gasteiger partial charge in [-0.15, -0.1) is 11.3 Å². The predicted octanol–water partition coefficient (Wildman–Crippen LogP) is 3.45. The number of rotatable bonds is 4. The molecule has 0 fully saturated rings. The van der Waals surface area contributed by atoms with Crippen molar-refractivity contribution in [1.29, 1.82) is 0 Å². The molecule has 3 aromatic rings. The van der Waals surface area contributed by atoms with Gasteiger partial charge in [-0.3, -0.25) is 24.7 Å². The molecular weight excluding hydrogens is 458 g/mol. The first-order valence-corrected chi connectivity index (χ1v) is 13.1. The van der Waals surface area contributed by atoms with Gasteiger partial charge in [0.25, 0.3) is 21.8 Å². The Hall–Kier alpha value is -3.17. The molecule has 0 saturated heterocycles. The Labute approximate surface area is 196 Å². The first-order valence-electron chi connectivity index (χ1n) is 10.9. The number of anilines is 1. The van der Waals surface area contributed by atoms with Gasteiger partial charge < -0.3 is 0 Å². The number of nitrogens with one attached hydrogen (secondary N) is 2. The number of benzene rings is 2. The van der Waals surface area contributed by atoms with Crippen molar-refractivity contribution in [3.8, 4) is 0 Å². The summed E-state index contributed by atoms with van der Waals surface area (Å²) < 4.78 is 27.9. The molecule has 9 heteroatoms. The summed E-state index contributed by atoms with van der Waals surface area (Å²) in [6.07, 6.45) is 4.88. The van der Waals surface area contributed by atoms with Crippen LogP contribution < -0.4 is 15.2 Å². The van der Waals surface area contributed by atoms with Crippen molar-refractivity contribution in [1.82, 2.24) is 10.9 Å². The molecule has 2 aromatic carbocycles. The number of aryl methyl sites for hydroxylation is 2. The third kappa shape index (κ3) is 4.14. The maximum absolute atomic E-state index is 13.2. The van der Waals surface area contributed by atoms with Crippen molar-refractivity contribution in [2.24, 2.45) is 0 Å². The molecule has 2 N–H and O–H groups in total. The number of carbonyl (C=O) groups is 2. The summed E-state index contributed by atoms with van der Waals surface area (Å²) in [5.74, 6) is -0.955. The largest absolute Gasteiger partial charge is 0.279 e. The number of carbonyl (C=O) groups excluding carboxylic acids is 2. The lowest BCUT2D eigenvalue weighted by molar-refractivity contribution is 0.0848. The molecule has 0 atom stereocenters. The van der Waals surface area contributed by atoms with Gasteiger partial charge in [-0.1, -0.05) is 24.3 Å². The highest BCUT2D eigenvalue weighted by Crippen LogP contribution is 2.33. The van der Waals surface area contributed by atoms with Crippen LogP contribution in [0.4, 0.5) is 5.69 Å². The maximum atomic E-state index is 13.2. The highest BCUT2D eigenvalue weighted by atomic mass is 32.2. The van der Waals surface area contributed by atoms with E-state index in [0.29, 0.717) is 23.5 Å². The van der Waals surface area contributed by atoms with E-state index in [9.17, 15) is 18.0 Å². The van der Waals surface area contributed by atoms with Gasteiger partial charge in [-0.2, -0.15) is 0 Å². The topological polar surface area (TPSA) is 95.6 Å². The summed E-state index contributed by atoms with van der Waals surface area (Å²) >= 11 is 1.46. The third-order valence-corrected chi connectivity index (χ3v) is 9.08. The molecule has 170 valence electrons. The normalized spacial score (nSPS) is 15.0.